The first-order valence-electron chi connectivity index (χ1n) is 7.84. The molecule has 128 valence electrons. The van der Waals surface area contributed by atoms with Crippen LogP contribution in [0.5, 0.6) is 0 Å². The molecule has 0 saturated carbocycles. The van der Waals surface area contributed by atoms with E-state index in [0.717, 1.165) is 37.4 Å². The average Bonchev–Trinajstić information content (AvgIpc) is 2.96. The van der Waals surface area contributed by atoms with Crippen LogP contribution in [0.15, 0.2) is 54.9 Å². The number of imidazole rings is 1. The second kappa shape index (κ2) is 9.04. The molecule has 2 heterocycles. The largest absolute Gasteiger partial charge is 0.329 e. The summed E-state index contributed by atoms with van der Waals surface area (Å²) in [6.45, 7) is 3.29. The Morgan fingerprint density at radius 1 is 1.08 bits per heavy atom. The zero-order valence-corrected chi connectivity index (χ0v) is 15.0. The Morgan fingerprint density at radius 2 is 1.88 bits per heavy atom. The van der Waals surface area contributed by atoms with Gasteiger partial charge >= 0.3 is 0 Å². The molecular weight excluding hydrogens is 343 g/mol. The number of aromatic nitrogens is 2. The maximum absolute atomic E-state index is 6.10. The first-order valence-corrected chi connectivity index (χ1v) is 8.22. The van der Waals surface area contributed by atoms with Crippen molar-refractivity contribution in [2.24, 2.45) is 5.73 Å². The standard InChI is InChI=1S/C18H21ClN4.ClH/c19-16-6-7-18-21-12-17(23(18)13-16)14-22(11-9-20)10-8-15-4-2-1-3-5-15;/h1-7,12-13H,8-11,14,20H2;1H. The first-order chi connectivity index (χ1) is 11.3. The molecule has 0 unspecified atom stereocenters. The molecule has 0 fully saturated rings. The fourth-order valence-corrected chi connectivity index (χ4v) is 2.90. The van der Waals surface area contributed by atoms with Gasteiger partial charge in [-0.25, -0.2) is 4.98 Å². The molecule has 0 aliphatic heterocycles. The summed E-state index contributed by atoms with van der Waals surface area (Å²) < 4.78 is 2.05. The van der Waals surface area contributed by atoms with Gasteiger partial charge in [0, 0.05) is 32.4 Å². The van der Waals surface area contributed by atoms with Gasteiger partial charge in [-0.15, -0.1) is 12.4 Å². The van der Waals surface area contributed by atoms with Gasteiger partial charge in [0.15, 0.2) is 0 Å². The van der Waals surface area contributed by atoms with Gasteiger partial charge in [-0.1, -0.05) is 41.9 Å². The maximum atomic E-state index is 6.10. The molecule has 0 radical (unpaired) electrons. The Hall–Kier alpha value is -1.59. The minimum Gasteiger partial charge on any atom is -0.329 e. The molecule has 6 heteroatoms. The lowest BCUT2D eigenvalue weighted by Crippen LogP contribution is -2.31. The number of nitrogens with zero attached hydrogens (tertiary/aromatic N) is 3. The van der Waals surface area contributed by atoms with E-state index in [9.17, 15) is 0 Å². The van der Waals surface area contributed by atoms with E-state index in [1.807, 2.05) is 35.0 Å². The van der Waals surface area contributed by atoms with Crippen LogP contribution in [0, 0.1) is 0 Å². The number of benzene rings is 1. The van der Waals surface area contributed by atoms with E-state index in [4.69, 9.17) is 17.3 Å². The van der Waals surface area contributed by atoms with Gasteiger partial charge < -0.3 is 10.1 Å². The number of pyridine rings is 1. The van der Waals surface area contributed by atoms with Crippen molar-refractivity contribution in [2.75, 3.05) is 19.6 Å². The Morgan fingerprint density at radius 3 is 2.62 bits per heavy atom. The topological polar surface area (TPSA) is 46.6 Å². The van der Waals surface area contributed by atoms with Crippen molar-refractivity contribution in [3.05, 3.63) is 71.1 Å². The molecule has 24 heavy (non-hydrogen) atoms. The smallest absolute Gasteiger partial charge is 0.137 e. The van der Waals surface area contributed by atoms with E-state index in [-0.39, 0.29) is 12.4 Å². The lowest BCUT2D eigenvalue weighted by Gasteiger charge is -2.21. The van der Waals surface area contributed by atoms with Crippen LogP contribution in [0.3, 0.4) is 0 Å². The summed E-state index contributed by atoms with van der Waals surface area (Å²) in [7, 11) is 0. The second-order valence-electron chi connectivity index (χ2n) is 5.63. The van der Waals surface area contributed by atoms with Crippen molar-refractivity contribution in [3.63, 3.8) is 0 Å². The zero-order chi connectivity index (χ0) is 16.1. The first kappa shape index (κ1) is 18.7. The fourth-order valence-electron chi connectivity index (χ4n) is 2.74. The molecule has 0 spiro atoms. The fraction of sp³-hybridized carbons (Fsp3) is 0.278. The molecule has 1 aromatic carbocycles. The number of rotatable bonds is 7. The Balaban J connectivity index is 0.00000208. The van der Waals surface area contributed by atoms with Gasteiger partial charge in [0.2, 0.25) is 0 Å². The minimum absolute atomic E-state index is 0. The summed E-state index contributed by atoms with van der Waals surface area (Å²) in [4.78, 5) is 6.80. The summed E-state index contributed by atoms with van der Waals surface area (Å²) in [5.41, 5.74) is 9.17. The number of nitrogens with two attached hydrogens (primary N) is 1. The van der Waals surface area contributed by atoms with Crippen LogP contribution in [-0.4, -0.2) is 33.9 Å². The minimum atomic E-state index is 0. The highest BCUT2D eigenvalue weighted by Crippen LogP contribution is 2.14. The van der Waals surface area contributed by atoms with E-state index in [0.29, 0.717) is 11.6 Å². The van der Waals surface area contributed by atoms with Crippen molar-refractivity contribution in [3.8, 4) is 0 Å². The summed E-state index contributed by atoms with van der Waals surface area (Å²) in [6, 6.07) is 14.3. The van der Waals surface area contributed by atoms with Crippen molar-refractivity contribution in [1.82, 2.24) is 14.3 Å². The number of fused-ring (bicyclic) bond motifs is 1. The van der Waals surface area contributed by atoms with Crippen molar-refractivity contribution >= 4 is 29.7 Å². The molecule has 0 aliphatic carbocycles. The number of halogens is 2. The summed E-state index contributed by atoms with van der Waals surface area (Å²) >= 11 is 6.10. The van der Waals surface area contributed by atoms with Gasteiger partial charge in [0.1, 0.15) is 5.65 Å². The predicted octanol–water partition coefficient (Wildman–Crippen LogP) is 3.41. The molecule has 4 nitrogen and oxygen atoms in total. The third kappa shape index (κ3) is 4.71. The molecule has 0 bridgehead atoms. The normalized spacial score (nSPS) is 11.0. The molecule has 0 saturated heterocycles. The van der Waals surface area contributed by atoms with Crippen LogP contribution in [0.4, 0.5) is 0 Å². The highest BCUT2D eigenvalue weighted by Gasteiger charge is 2.10. The van der Waals surface area contributed by atoms with Crippen molar-refractivity contribution < 1.29 is 0 Å². The van der Waals surface area contributed by atoms with Crippen LogP contribution in [0.1, 0.15) is 11.3 Å². The lowest BCUT2D eigenvalue weighted by molar-refractivity contribution is 0.272. The zero-order valence-electron chi connectivity index (χ0n) is 13.4. The highest BCUT2D eigenvalue weighted by molar-refractivity contribution is 6.30. The third-order valence-electron chi connectivity index (χ3n) is 3.94. The van der Waals surface area contributed by atoms with E-state index in [1.165, 1.54) is 5.56 Å². The Bertz CT molecular complexity index is 758. The van der Waals surface area contributed by atoms with Crippen LogP contribution in [0.2, 0.25) is 5.02 Å². The van der Waals surface area contributed by atoms with Gasteiger partial charge in [0.05, 0.1) is 16.9 Å². The highest BCUT2D eigenvalue weighted by atomic mass is 35.5. The van der Waals surface area contributed by atoms with E-state index in [2.05, 4.69) is 34.1 Å². The lowest BCUT2D eigenvalue weighted by atomic mass is 10.1. The van der Waals surface area contributed by atoms with Crippen LogP contribution in [0.25, 0.3) is 5.65 Å². The molecule has 0 amide bonds. The van der Waals surface area contributed by atoms with Crippen LogP contribution >= 0.6 is 24.0 Å². The quantitative estimate of drug-likeness (QED) is 0.698. The predicted molar refractivity (Wildman–Crippen MR) is 102 cm³/mol. The van der Waals surface area contributed by atoms with Gasteiger partial charge in [-0.05, 0) is 24.1 Å². The van der Waals surface area contributed by atoms with Gasteiger partial charge in [0.25, 0.3) is 0 Å². The molecule has 0 aliphatic rings. The second-order valence-corrected chi connectivity index (χ2v) is 6.06. The molecule has 2 N–H and O–H groups in total. The SMILES string of the molecule is Cl.NCCN(CCc1ccccc1)Cc1cnc2ccc(Cl)cn12. The Kier molecular flexibility index (Phi) is 7.06. The summed E-state index contributed by atoms with van der Waals surface area (Å²) in [6.07, 6.45) is 4.84. The Labute approximate surface area is 153 Å². The van der Waals surface area contributed by atoms with Gasteiger partial charge in [-0.3, -0.25) is 4.90 Å². The summed E-state index contributed by atoms with van der Waals surface area (Å²) in [5.74, 6) is 0. The molecule has 3 aromatic rings. The molecule has 2 aromatic heterocycles. The van der Waals surface area contributed by atoms with Gasteiger partial charge in [-0.2, -0.15) is 0 Å². The van der Waals surface area contributed by atoms with E-state index < -0.39 is 0 Å². The van der Waals surface area contributed by atoms with Crippen LogP contribution in [-0.2, 0) is 13.0 Å². The van der Waals surface area contributed by atoms with Crippen LogP contribution < -0.4 is 5.73 Å². The van der Waals surface area contributed by atoms with Crippen molar-refractivity contribution in [1.29, 1.82) is 0 Å². The van der Waals surface area contributed by atoms with Crippen molar-refractivity contribution in [2.45, 2.75) is 13.0 Å². The monoisotopic (exact) mass is 364 g/mol. The molecule has 0 atom stereocenters. The van der Waals surface area contributed by atoms with E-state index in [1.54, 1.807) is 0 Å². The average molecular weight is 365 g/mol. The maximum Gasteiger partial charge on any atom is 0.137 e. The number of hydrogen-bond acceptors (Lipinski definition) is 3. The molecule has 3 rings (SSSR count). The van der Waals surface area contributed by atoms with E-state index >= 15 is 0 Å². The number of hydrogen-bond donors (Lipinski definition) is 1. The summed E-state index contributed by atoms with van der Waals surface area (Å²) in [5, 5.41) is 0.714. The molecular formula is C18H22Cl2N4. The third-order valence-corrected chi connectivity index (χ3v) is 4.16.